The van der Waals surface area contributed by atoms with E-state index in [0.29, 0.717) is 23.5 Å². The van der Waals surface area contributed by atoms with Crippen molar-refractivity contribution >= 4 is 35.1 Å². The molecule has 1 saturated heterocycles. The Morgan fingerprint density at radius 1 is 1.09 bits per heavy atom. The van der Waals surface area contributed by atoms with E-state index in [2.05, 4.69) is 5.32 Å². The molecular weight excluding hydrogens is 425 g/mol. The van der Waals surface area contributed by atoms with E-state index < -0.39 is 4.87 Å². The van der Waals surface area contributed by atoms with Gasteiger partial charge in [0.15, 0.2) is 4.87 Å². The lowest BCUT2D eigenvalue weighted by molar-refractivity contribution is -0.123. The van der Waals surface area contributed by atoms with Crippen molar-refractivity contribution in [2.24, 2.45) is 0 Å². The Bertz CT molecular complexity index is 1200. The van der Waals surface area contributed by atoms with Crippen molar-refractivity contribution in [2.45, 2.75) is 18.3 Å². The number of para-hydroxylation sites is 1. The van der Waals surface area contributed by atoms with Crippen molar-refractivity contribution in [2.75, 3.05) is 22.5 Å². The molecule has 0 radical (unpaired) electrons. The number of hydrogen-bond acceptors (Lipinski definition) is 3. The zero-order valence-electron chi connectivity index (χ0n) is 17.5. The fourth-order valence-electron chi connectivity index (χ4n) is 4.37. The minimum Gasteiger partial charge on any atom is -0.308 e. The molecular formula is C25H22FN3O2S. The second-order valence-corrected chi connectivity index (χ2v) is 9.27. The van der Waals surface area contributed by atoms with Crippen LogP contribution in [0.3, 0.4) is 0 Å². The minimum atomic E-state index is -1.13. The van der Waals surface area contributed by atoms with Gasteiger partial charge in [-0.2, -0.15) is 0 Å². The number of carbonyl (C=O) groups is 2. The first-order chi connectivity index (χ1) is 15.5. The van der Waals surface area contributed by atoms with E-state index in [-0.39, 0.29) is 24.3 Å². The van der Waals surface area contributed by atoms with Crippen LogP contribution in [0.2, 0.25) is 0 Å². The van der Waals surface area contributed by atoms with Crippen molar-refractivity contribution in [3.05, 3.63) is 95.3 Å². The number of nitrogens with zero attached hydrogens (tertiary/aromatic N) is 2. The number of rotatable bonds is 3. The normalized spacial score (nSPS) is 19.5. The summed E-state index contributed by atoms with van der Waals surface area (Å²) in [6.07, 6.45) is 0. The molecule has 0 bridgehead atoms. The summed E-state index contributed by atoms with van der Waals surface area (Å²) in [5.74, 6) is 0.130. The Hall–Kier alpha value is -3.32. The Morgan fingerprint density at radius 3 is 2.66 bits per heavy atom. The predicted octanol–water partition coefficient (Wildman–Crippen LogP) is 5.11. The molecule has 32 heavy (non-hydrogen) atoms. The summed E-state index contributed by atoms with van der Waals surface area (Å²) in [4.78, 5) is 29.3. The molecule has 0 aromatic heterocycles. The highest BCUT2D eigenvalue weighted by Crippen LogP contribution is 2.54. The summed E-state index contributed by atoms with van der Waals surface area (Å²) in [5, 5.41) is 2.94. The van der Waals surface area contributed by atoms with Crippen LogP contribution in [0, 0.1) is 12.7 Å². The van der Waals surface area contributed by atoms with Gasteiger partial charge in [-0.25, -0.2) is 9.18 Å². The first-order valence-electron chi connectivity index (χ1n) is 10.4. The van der Waals surface area contributed by atoms with Crippen molar-refractivity contribution in [1.29, 1.82) is 0 Å². The molecule has 1 atom stereocenters. The number of fused-ring (bicyclic) bond motifs is 2. The maximum atomic E-state index is 13.9. The van der Waals surface area contributed by atoms with Gasteiger partial charge in [-0.15, -0.1) is 11.8 Å². The minimum absolute atomic E-state index is 0.176. The molecule has 3 aromatic carbocycles. The Kier molecular flexibility index (Phi) is 5.13. The third-order valence-electron chi connectivity index (χ3n) is 5.88. The molecule has 2 heterocycles. The zero-order valence-corrected chi connectivity index (χ0v) is 18.4. The highest BCUT2D eigenvalue weighted by atomic mass is 32.2. The number of thioether (sulfide) groups is 1. The van der Waals surface area contributed by atoms with Crippen LogP contribution >= 0.6 is 11.8 Å². The van der Waals surface area contributed by atoms with Gasteiger partial charge in [-0.3, -0.25) is 9.69 Å². The third kappa shape index (κ3) is 3.33. The van der Waals surface area contributed by atoms with Crippen LogP contribution in [0.25, 0.3) is 0 Å². The van der Waals surface area contributed by atoms with Crippen molar-refractivity contribution in [3.8, 4) is 0 Å². The molecule has 2 aliphatic heterocycles. The maximum Gasteiger partial charge on any atom is 0.323 e. The highest BCUT2D eigenvalue weighted by molar-refractivity contribution is 8.01. The molecule has 2 aliphatic rings. The molecule has 1 N–H and O–H groups in total. The van der Waals surface area contributed by atoms with Gasteiger partial charge in [0, 0.05) is 23.5 Å². The average molecular weight is 448 g/mol. The van der Waals surface area contributed by atoms with Gasteiger partial charge in [-0.1, -0.05) is 48.0 Å². The van der Waals surface area contributed by atoms with Crippen molar-refractivity contribution in [1.82, 2.24) is 4.90 Å². The van der Waals surface area contributed by atoms with Gasteiger partial charge in [0.1, 0.15) is 5.82 Å². The Labute approximate surface area is 190 Å². The summed E-state index contributed by atoms with van der Waals surface area (Å²) in [6, 6.07) is 21.1. The summed E-state index contributed by atoms with van der Waals surface area (Å²) in [7, 11) is 0. The van der Waals surface area contributed by atoms with E-state index >= 15 is 0 Å². The number of anilines is 2. The van der Waals surface area contributed by atoms with Crippen molar-refractivity contribution in [3.63, 3.8) is 0 Å². The molecule has 5 rings (SSSR count). The smallest absolute Gasteiger partial charge is 0.308 e. The number of nitrogens with one attached hydrogen (secondary N) is 1. The van der Waals surface area contributed by atoms with Crippen molar-refractivity contribution < 1.29 is 14.0 Å². The quantitative estimate of drug-likeness (QED) is 0.607. The van der Waals surface area contributed by atoms with Gasteiger partial charge in [-0.05, 0) is 42.8 Å². The predicted molar refractivity (Wildman–Crippen MR) is 125 cm³/mol. The number of carbonyl (C=O) groups excluding carboxylic acids is 2. The number of halogens is 1. The molecule has 1 fully saturated rings. The lowest BCUT2D eigenvalue weighted by Crippen LogP contribution is -2.51. The largest absolute Gasteiger partial charge is 0.323 e. The lowest BCUT2D eigenvalue weighted by atomic mass is 10.1. The fraction of sp³-hybridized carbons (Fsp3) is 0.200. The average Bonchev–Trinajstić information content (AvgIpc) is 3.33. The van der Waals surface area contributed by atoms with E-state index in [4.69, 9.17) is 0 Å². The van der Waals surface area contributed by atoms with Crippen LogP contribution in [-0.2, 0) is 16.2 Å². The van der Waals surface area contributed by atoms with Crippen LogP contribution in [0.15, 0.2) is 72.8 Å². The Morgan fingerprint density at radius 2 is 1.88 bits per heavy atom. The molecule has 162 valence electrons. The van der Waals surface area contributed by atoms with Crippen LogP contribution in [-0.4, -0.2) is 29.1 Å². The number of urea groups is 1. The molecule has 7 heteroatoms. The first-order valence-corrected chi connectivity index (χ1v) is 11.4. The fourth-order valence-corrected chi connectivity index (χ4v) is 5.83. The summed E-state index contributed by atoms with van der Waals surface area (Å²) in [6.45, 7) is 2.68. The zero-order chi connectivity index (χ0) is 22.3. The van der Waals surface area contributed by atoms with E-state index in [1.54, 1.807) is 21.9 Å². The number of benzene rings is 3. The van der Waals surface area contributed by atoms with E-state index in [9.17, 15) is 14.0 Å². The van der Waals surface area contributed by atoms with Crippen LogP contribution in [0.4, 0.5) is 20.6 Å². The van der Waals surface area contributed by atoms with E-state index in [1.807, 2.05) is 55.5 Å². The molecule has 1 unspecified atom stereocenters. The van der Waals surface area contributed by atoms with Crippen LogP contribution in [0.1, 0.15) is 16.7 Å². The van der Waals surface area contributed by atoms with Crippen LogP contribution in [0.5, 0.6) is 0 Å². The van der Waals surface area contributed by atoms with Gasteiger partial charge in [0.25, 0.3) is 5.91 Å². The summed E-state index contributed by atoms with van der Waals surface area (Å²) >= 11 is 1.47. The molecule has 5 nitrogen and oxygen atoms in total. The Balaban J connectivity index is 1.50. The number of hydrogen-bond donors (Lipinski definition) is 1. The molecule has 3 amide bonds. The highest BCUT2D eigenvalue weighted by Gasteiger charge is 2.59. The third-order valence-corrected chi connectivity index (χ3v) is 7.30. The van der Waals surface area contributed by atoms with Crippen LogP contribution < -0.4 is 10.2 Å². The molecule has 0 saturated carbocycles. The van der Waals surface area contributed by atoms with Gasteiger partial charge in [0.05, 0.1) is 12.2 Å². The molecule has 0 aliphatic carbocycles. The second kappa shape index (κ2) is 7.98. The topological polar surface area (TPSA) is 52.7 Å². The summed E-state index contributed by atoms with van der Waals surface area (Å²) < 4.78 is 13.8. The second-order valence-electron chi connectivity index (χ2n) is 7.98. The van der Waals surface area contributed by atoms with E-state index in [1.165, 1.54) is 23.9 Å². The maximum absolute atomic E-state index is 13.9. The number of amides is 3. The lowest BCUT2D eigenvalue weighted by Gasteiger charge is -2.33. The number of aryl methyl sites for hydroxylation is 1. The summed E-state index contributed by atoms with van der Waals surface area (Å²) in [5.41, 5.74) is 4.03. The van der Waals surface area contributed by atoms with Gasteiger partial charge >= 0.3 is 6.03 Å². The SMILES string of the molecule is Cc1ccc(NC(=O)N2CCSC23C(=O)N(Cc2cccc(F)c2)c2ccccc23)cc1. The molecule has 3 aromatic rings. The molecule has 1 spiro atoms. The first kappa shape index (κ1) is 20.6. The standard InChI is InChI=1S/C25H22FN3O2S/c1-17-9-11-20(12-10-17)27-24(31)29-13-14-32-25(29)21-7-2-3-8-22(21)28(23(25)30)16-18-5-4-6-19(26)15-18/h2-12,15H,13-14,16H2,1H3,(H,27,31). The van der Waals surface area contributed by atoms with Gasteiger partial charge in [0.2, 0.25) is 0 Å². The van der Waals surface area contributed by atoms with Gasteiger partial charge < -0.3 is 10.2 Å². The monoisotopic (exact) mass is 447 g/mol. The van der Waals surface area contributed by atoms with E-state index in [0.717, 1.165) is 16.8 Å².